The van der Waals surface area contributed by atoms with E-state index in [1.807, 2.05) is 30.3 Å². The molecule has 262 valence electrons. The van der Waals surface area contributed by atoms with Crippen molar-refractivity contribution in [3.63, 3.8) is 0 Å². The van der Waals surface area contributed by atoms with Crippen LogP contribution in [0.4, 0.5) is 4.39 Å². The summed E-state index contributed by atoms with van der Waals surface area (Å²) in [5.74, 6) is 0.165. The van der Waals surface area contributed by atoms with Gasteiger partial charge in [0.1, 0.15) is 17.2 Å². The fourth-order valence-corrected chi connectivity index (χ4v) is 8.27. The van der Waals surface area contributed by atoms with Gasteiger partial charge in [-0.1, -0.05) is 74.4 Å². The van der Waals surface area contributed by atoms with E-state index >= 15 is 0 Å². The van der Waals surface area contributed by atoms with Gasteiger partial charge in [-0.2, -0.15) is 0 Å². The highest BCUT2D eigenvalue weighted by atomic mass is 19.1. The van der Waals surface area contributed by atoms with Gasteiger partial charge in [0.05, 0.1) is 17.7 Å². The van der Waals surface area contributed by atoms with Gasteiger partial charge in [0, 0.05) is 42.4 Å². The molecule has 2 aliphatic carbocycles. The molecule has 7 rings (SSSR count). The standard InChI is InChI=1S/C42H48FN3O4/c1-2-28-14-19-39-35(22-28)37(25-42(50-39)20-8-9-21-42)44-26-38(47)36(23-29-10-4-3-5-11-29)45-40(48)31-24-34(30-15-17-32(43)18-16-30)41(49)46(27-31)33-12-6-7-13-33/h3-5,10-11,14-19,22,24,27,33,36-38,44,47H,2,6-9,12-13,20-21,23,25-26H2,1H3,(H,45,48)/t36-,37?,38+/m0/s1. The van der Waals surface area contributed by atoms with Crippen LogP contribution in [0.1, 0.15) is 104 Å². The molecule has 0 saturated heterocycles. The number of halogens is 1. The van der Waals surface area contributed by atoms with Gasteiger partial charge < -0.3 is 25.0 Å². The van der Waals surface area contributed by atoms with E-state index in [1.54, 1.807) is 29.0 Å². The van der Waals surface area contributed by atoms with E-state index in [1.165, 1.54) is 17.7 Å². The zero-order chi connectivity index (χ0) is 34.7. The minimum Gasteiger partial charge on any atom is -0.487 e. The molecule has 1 unspecified atom stereocenters. The number of aliphatic hydroxyl groups excluding tert-OH is 1. The number of aliphatic hydroxyl groups is 1. The van der Waals surface area contributed by atoms with Crippen LogP contribution in [0.2, 0.25) is 0 Å². The first-order chi connectivity index (χ1) is 24.3. The van der Waals surface area contributed by atoms with Crippen molar-refractivity contribution in [2.24, 2.45) is 0 Å². The SMILES string of the molecule is CCc1ccc2c(c1)C(NC[C@@H](O)[C@H](Cc1ccccc1)NC(=O)c1cc(-c3ccc(F)cc3)c(=O)n(C3CCCC3)c1)CC1(CCCC1)O2. The van der Waals surface area contributed by atoms with Crippen molar-refractivity contribution in [3.05, 3.63) is 123 Å². The van der Waals surface area contributed by atoms with E-state index in [2.05, 4.69) is 35.8 Å². The Morgan fingerprint density at radius 1 is 0.980 bits per heavy atom. The van der Waals surface area contributed by atoms with Crippen LogP contribution in [0.25, 0.3) is 11.1 Å². The Bertz CT molecular complexity index is 1850. The second-order valence-electron chi connectivity index (χ2n) is 14.5. The average molecular weight is 678 g/mol. The highest BCUT2D eigenvalue weighted by Crippen LogP contribution is 2.47. The fraction of sp³-hybridized carbons (Fsp3) is 0.429. The summed E-state index contributed by atoms with van der Waals surface area (Å²) < 4.78 is 22.2. The van der Waals surface area contributed by atoms with Gasteiger partial charge in [-0.3, -0.25) is 9.59 Å². The van der Waals surface area contributed by atoms with Gasteiger partial charge >= 0.3 is 0 Å². The number of carbonyl (C=O) groups excluding carboxylic acids is 1. The summed E-state index contributed by atoms with van der Waals surface area (Å²) in [6.07, 6.45) is 11.1. The third kappa shape index (κ3) is 7.42. The third-order valence-electron chi connectivity index (χ3n) is 11.1. The predicted octanol–water partition coefficient (Wildman–Crippen LogP) is 7.46. The van der Waals surface area contributed by atoms with E-state index < -0.39 is 18.0 Å². The zero-order valence-corrected chi connectivity index (χ0v) is 28.9. The molecule has 8 heteroatoms. The molecule has 3 N–H and O–H groups in total. The first-order valence-electron chi connectivity index (χ1n) is 18.4. The molecule has 1 spiro atoms. The third-order valence-corrected chi connectivity index (χ3v) is 11.1. The van der Waals surface area contributed by atoms with E-state index in [9.17, 15) is 19.1 Å². The van der Waals surface area contributed by atoms with E-state index in [-0.39, 0.29) is 35.7 Å². The Morgan fingerprint density at radius 3 is 2.44 bits per heavy atom. The second kappa shape index (κ2) is 14.9. The van der Waals surface area contributed by atoms with Crippen molar-refractivity contribution in [2.75, 3.05) is 6.54 Å². The van der Waals surface area contributed by atoms with Crippen LogP contribution < -0.4 is 20.9 Å². The summed E-state index contributed by atoms with van der Waals surface area (Å²) in [6.45, 7) is 2.42. The molecule has 4 aromatic rings. The Labute approximate surface area is 293 Å². The van der Waals surface area contributed by atoms with Crippen molar-refractivity contribution >= 4 is 5.91 Å². The number of ether oxygens (including phenoxy) is 1. The van der Waals surface area contributed by atoms with Crippen LogP contribution in [-0.4, -0.2) is 39.9 Å². The summed E-state index contributed by atoms with van der Waals surface area (Å²) in [5.41, 5.74) is 4.24. The fourth-order valence-electron chi connectivity index (χ4n) is 8.27. The van der Waals surface area contributed by atoms with Gasteiger partial charge in [-0.25, -0.2) is 4.39 Å². The lowest BCUT2D eigenvalue weighted by Gasteiger charge is -2.41. The van der Waals surface area contributed by atoms with Gasteiger partial charge in [0.2, 0.25) is 0 Å². The summed E-state index contributed by atoms with van der Waals surface area (Å²) >= 11 is 0. The number of aryl methyl sites for hydroxylation is 1. The van der Waals surface area contributed by atoms with E-state index in [4.69, 9.17) is 4.74 Å². The Balaban J connectivity index is 1.16. The molecule has 2 heterocycles. The topological polar surface area (TPSA) is 92.6 Å². The van der Waals surface area contributed by atoms with Crippen molar-refractivity contribution < 1.29 is 19.0 Å². The quantitative estimate of drug-likeness (QED) is 0.153. The molecule has 2 fully saturated rings. The lowest BCUT2D eigenvalue weighted by atomic mass is 9.85. The minimum absolute atomic E-state index is 0.00286. The van der Waals surface area contributed by atoms with Crippen LogP contribution in [0.15, 0.2) is 89.9 Å². The Hall–Kier alpha value is -4.27. The number of benzene rings is 3. The smallest absolute Gasteiger partial charge is 0.258 e. The van der Waals surface area contributed by atoms with Crippen molar-refractivity contribution in [1.82, 2.24) is 15.2 Å². The first kappa shape index (κ1) is 34.2. The predicted molar refractivity (Wildman–Crippen MR) is 194 cm³/mol. The number of fused-ring (bicyclic) bond motifs is 1. The molecule has 0 bridgehead atoms. The summed E-state index contributed by atoms with van der Waals surface area (Å²) in [7, 11) is 0. The number of nitrogens with zero attached hydrogens (tertiary/aromatic N) is 1. The molecule has 7 nitrogen and oxygen atoms in total. The van der Waals surface area contributed by atoms with Crippen LogP contribution >= 0.6 is 0 Å². The van der Waals surface area contributed by atoms with Crippen molar-refractivity contribution in [1.29, 1.82) is 0 Å². The van der Waals surface area contributed by atoms with Gasteiger partial charge in [-0.15, -0.1) is 0 Å². The van der Waals surface area contributed by atoms with Crippen LogP contribution in [-0.2, 0) is 12.8 Å². The minimum atomic E-state index is -0.906. The van der Waals surface area contributed by atoms with Crippen molar-refractivity contribution in [3.8, 4) is 16.9 Å². The number of amides is 1. The lowest BCUT2D eigenvalue weighted by Crippen LogP contribution is -2.50. The maximum absolute atomic E-state index is 14.1. The largest absolute Gasteiger partial charge is 0.487 e. The summed E-state index contributed by atoms with van der Waals surface area (Å²) in [4.78, 5) is 27.9. The van der Waals surface area contributed by atoms with Gasteiger partial charge in [0.25, 0.3) is 11.5 Å². The Morgan fingerprint density at radius 2 is 1.72 bits per heavy atom. The summed E-state index contributed by atoms with van der Waals surface area (Å²) in [6, 6.07) is 23.1. The number of hydrogen-bond acceptors (Lipinski definition) is 5. The maximum atomic E-state index is 14.1. The normalized spacial score (nSPS) is 19.5. The number of aromatic nitrogens is 1. The highest BCUT2D eigenvalue weighted by Gasteiger charge is 2.43. The summed E-state index contributed by atoms with van der Waals surface area (Å²) in [5, 5.41) is 18.7. The highest BCUT2D eigenvalue weighted by molar-refractivity contribution is 5.95. The van der Waals surface area contributed by atoms with E-state index in [0.717, 1.165) is 81.1 Å². The van der Waals surface area contributed by atoms with Crippen LogP contribution in [0.5, 0.6) is 5.75 Å². The van der Waals surface area contributed by atoms with Gasteiger partial charge in [-0.05, 0) is 92.3 Å². The molecule has 3 aromatic carbocycles. The molecular weight excluding hydrogens is 629 g/mol. The first-order valence-corrected chi connectivity index (χ1v) is 18.4. The monoisotopic (exact) mass is 677 g/mol. The molecular formula is C42H48FN3O4. The molecule has 1 amide bonds. The van der Waals surface area contributed by atoms with Crippen molar-refractivity contribution in [2.45, 2.75) is 107 Å². The molecule has 3 atom stereocenters. The van der Waals surface area contributed by atoms with Crippen LogP contribution in [0, 0.1) is 5.82 Å². The number of hydrogen-bond donors (Lipinski definition) is 3. The molecule has 2 saturated carbocycles. The Kier molecular flexibility index (Phi) is 10.2. The lowest BCUT2D eigenvalue weighted by molar-refractivity contribution is 0.0326. The zero-order valence-electron chi connectivity index (χ0n) is 28.9. The van der Waals surface area contributed by atoms with E-state index in [0.29, 0.717) is 23.1 Å². The molecule has 3 aliphatic rings. The molecule has 1 aromatic heterocycles. The van der Waals surface area contributed by atoms with Crippen LogP contribution in [0.3, 0.4) is 0 Å². The molecule has 50 heavy (non-hydrogen) atoms. The molecule has 0 radical (unpaired) electrons. The number of carbonyl (C=O) groups is 1. The second-order valence-corrected chi connectivity index (χ2v) is 14.5. The maximum Gasteiger partial charge on any atom is 0.258 e. The number of rotatable bonds is 11. The number of nitrogens with one attached hydrogen (secondary N) is 2. The molecule has 1 aliphatic heterocycles. The average Bonchev–Trinajstić information content (AvgIpc) is 3.84. The van der Waals surface area contributed by atoms with Gasteiger partial charge in [0.15, 0.2) is 0 Å². The number of pyridine rings is 1.